The SMILES string of the molecule is CCNCC(OC(C)COCC)c1cccc(F)c1. The van der Waals surface area contributed by atoms with Gasteiger partial charge < -0.3 is 14.8 Å². The Bertz CT molecular complexity index is 360. The molecule has 1 aromatic rings. The lowest BCUT2D eigenvalue weighted by Gasteiger charge is -2.23. The lowest BCUT2D eigenvalue weighted by Crippen LogP contribution is -2.27. The molecule has 4 heteroatoms. The van der Waals surface area contributed by atoms with Crippen molar-refractivity contribution >= 4 is 0 Å². The average molecular weight is 269 g/mol. The summed E-state index contributed by atoms with van der Waals surface area (Å²) in [5.74, 6) is -0.236. The molecule has 2 atom stereocenters. The Morgan fingerprint density at radius 2 is 2.11 bits per heavy atom. The van der Waals surface area contributed by atoms with Gasteiger partial charge in [-0.15, -0.1) is 0 Å². The standard InChI is InChI=1S/C15H24FNO2/c1-4-17-10-15(19-12(3)11-18-5-2)13-7-6-8-14(16)9-13/h6-9,12,15,17H,4-5,10-11H2,1-3H3. The van der Waals surface area contributed by atoms with E-state index in [9.17, 15) is 4.39 Å². The van der Waals surface area contributed by atoms with Crippen LogP contribution in [0, 0.1) is 5.82 Å². The van der Waals surface area contributed by atoms with Crippen molar-refractivity contribution in [2.75, 3.05) is 26.3 Å². The molecule has 0 amide bonds. The predicted octanol–water partition coefficient (Wildman–Crippen LogP) is 2.92. The summed E-state index contributed by atoms with van der Waals surface area (Å²) in [7, 11) is 0. The smallest absolute Gasteiger partial charge is 0.123 e. The molecular weight excluding hydrogens is 245 g/mol. The van der Waals surface area contributed by atoms with E-state index in [4.69, 9.17) is 9.47 Å². The maximum Gasteiger partial charge on any atom is 0.123 e. The van der Waals surface area contributed by atoms with E-state index in [0.717, 1.165) is 12.1 Å². The van der Waals surface area contributed by atoms with Gasteiger partial charge in [0, 0.05) is 13.2 Å². The third kappa shape index (κ3) is 6.14. The van der Waals surface area contributed by atoms with Crippen molar-refractivity contribution in [1.82, 2.24) is 5.32 Å². The van der Waals surface area contributed by atoms with Crippen molar-refractivity contribution in [2.45, 2.75) is 33.0 Å². The van der Waals surface area contributed by atoms with Crippen molar-refractivity contribution in [3.05, 3.63) is 35.6 Å². The summed E-state index contributed by atoms with van der Waals surface area (Å²) in [6, 6.07) is 6.56. The molecule has 2 unspecified atom stereocenters. The van der Waals surface area contributed by atoms with Gasteiger partial charge in [-0.05, 0) is 38.1 Å². The fourth-order valence-corrected chi connectivity index (χ4v) is 1.83. The minimum absolute atomic E-state index is 0.0214. The normalized spacial score (nSPS) is 14.3. The topological polar surface area (TPSA) is 30.5 Å². The lowest BCUT2D eigenvalue weighted by molar-refractivity contribution is -0.0469. The Morgan fingerprint density at radius 1 is 1.32 bits per heavy atom. The maximum atomic E-state index is 13.3. The zero-order valence-electron chi connectivity index (χ0n) is 12.0. The first-order valence-electron chi connectivity index (χ1n) is 6.86. The second-order valence-corrected chi connectivity index (χ2v) is 4.46. The van der Waals surface area contributed by atoms with Gasteiger partial charge in [0.25, 0.3) is 0 Å². The molecule has 0 fully saturated rings. The number of nitrogens with one attached hydrogen (secondary N) is 1. The highest BCUT2D eigenvalue weighted by Gasteiger charge is 2.16. The molecule has 0 radical (unpaired) electrons. The first kappa shape index (κ1) is 16.1. The van der Waals surface area contributed by atoms with Gasteiger partial charge in [-0.1, -0.05) is 19.1 Å². The molecule has 3 nitrogen and oxygen atoms in total. The quantitative estimate of drug-likeness (QED) is 0.747. The Morgan fingerprint density at radius 3 is 2.74 bits per heavy atom. The molecule has 1 aromatic carbocycles. The van der Waals surface area contributed by atoms with E-state index >= 15 is 0 Å². The number of ether oxygens (including phenoxy) is 2. The summed E-state index contributed by atoms with van der Waals surface area (Å²) in [5, 5.41) is 3.24. The zero-order valence-corrected chi connectivity index (χ0v) is 12.0. The van der Waals surface area contributed by atoms with Crippen LogP contribution in [0.3, 0.4) is 0 Å². The van der Waals surface area contributed by atoms with Crippen LogP contribution in [0.25, 0.3) is 0 Å². The molecule has 0 heterocycles. The molecule has 1 rings (SSSR count). The maximum absolute atomic E-state index is 13.3. The number of rotatable bonds is 9. The third-order valence-corrected chi connectivity index (χ3v) is 2.75. The molecular formula is C15H24FNO2. The van der Waals surface area contributed by atoms with E-state index in [-0.39, 0.29) is 18.0 Å². The van der Waals surface area contributed by atoms with Crippen LogP contribution in [0.15, 0.2) is 24.3 Å². The lowest BCUT2D eigenvalue weighted by atomic mass is 10.1. The van der Waals surface area contributed by atoms with Crippen LogP contribution >= 0.6 is 0 Å². The van der Waals surface area contributed by atoms with Gasteiger partial charge in [-0.25, -0.2) is 4.39 Å². The van der Waals surface area contributed by atoms with Gasteiger partial charge >= 0.3 is 0 Å². The second-order valence-electron chi connectivity index (χ2n) is 4.46. The largest absolute Gasteiger partial charge is 0.379 e. The van der Waals surface area contributed by atoms with Crippen LogP contribution in [0.2, 0.25) is 0 Å². The highest BCUT2D eigenvalue weighted by Crippen LogP contribution is 2.19. The number of benzene rings is 1. The number of likely N-dealkylation sites (N-methyl/N-ethyl adjacent to an activating group) is 1. The van der Waals surface area contributed by atoms with E-state index in [1.165, 1.54) is 12.1 Å². The van der Waals surface area contributed by atoms with Crippen LogP contribution in [0.4, 0.5) is 4.39 Å². The van der Waals surface area contributed by atoms with Crippen LogP contribution in [0.1, 0.15) is 32.4 Å². The summed E-state index contributed by atoms with van der Waals surface area (Å²) in [6.45, 7) is 8.70. The first-order chi connectivity index (χ1) is 9.17. The molecule has 0 spiro atoms. The fourth-order valence-electron chi connectivity index (χ4n) is 1.83. The zero-order chi connectivity index (χ0) is 14.1. The molecule has 0 saturated carbocycles. The molecule has 1 N–H and O–H groups in total. The highest BCUT2D eigenvalue weighted by atomic mass is 19.1. The summed E-state index contributed by atoms with van der Waals surface area (Å²) < 4.78 is 24.6. The Balaban J connectivity index is 2.65. The third-order valence-electron chi connectivity index (χ3n) is 2.75. The van der Waals surface area contributed by atoms with E-state index < -0.39 is 0 Å². The van der Waals surface area contributed by atoms with Gasteiger partial charge in [-0.3, -0.25) is 0 Å². The van der Waals surface area contributed by atoms with Gasteiger partial charge in [-0.2, -0.15) is 0 Å². The molecule has 0 saturated heterocycles. The van der Waals surface area contributed by atoms with Gasteiger partial charge in [0.05, 0.1) is 18.8 Å². The first-order valence-corrected chi connectivity index (χ1v) is 6.86. The predicted molar refractivity (Wildman–Crippen MR) is 74.7 cm³/mol. The Kier molecular flexibility index (Phi) is 7.63. The van der Waals surface area contributed by atoms with Crippen LogP contribution < -0.4 is 5.32 Å². The van der Waals surface area contributed by atoms with E-state index in [0.29, 0.717) is 19.8 Å². The number of hydrogen-bond acceptors (Lipinski definition) is 3. The van der Waals surface area contributed by atoms with Crippen molar-refractivity contribution in [1.29, 1.82) is 0 Å². The van der Waals surface area contributed by atoms with E-state index in [1.807, 2.05) is 26.8 Å². The minimum atomic E-state index is -0.236. The van der Waals surface area contributed by atoms with Crippen molar-refractivity contribution in [2.24, 2.45) is 0 Å². The molecule has 108 valence electrons. The summed E-state index contributed by atoms with van der Waals surface area (Å²) in [5.41, 5.74) is 0.851. The number of halogens is 1. The van der Waals surface area contributed by atoms with Crippen LogP contribution in [0.5, 0.6) is 0 Å². The van der Waals surface area contributed by atoms with E-state index in [2.05, 4.69) is 5.32 Å². The molecule has 19 heavy (non-hydrogen) atoms. The average Bonchev–Trinajstić information content (AvgIpc) is 2.41. The van der Waals surface area contributed by atoms with Crippen molar-refractivity contribution in [3.63, 3.8) is 0 Å². The van der Waals surface area contributed by atoms with Crippen LogP contribution in [-0.2, 0) is 9.47 Å². The van der Waals surface area contributed by atoms with E-state index in [1.54, 1.807) is 6.07 Å². The molecule has 0 aliphatic heterocycles. The number of hydrogen-bond donors (Lipinski definition) is 1. The fraction of sp³-hybridized carbons (Fsp3) is 0.600. The summed E-state index contributed by atoms with van der Waals surface area (Å²) in [6.07, 6.45) is -0.182. The molecule has 0 aliphatic carbocycles. The second kappa shape index (κ2) is 9.02. The van der Waals surface area contributed by atoms with Crippen molar-refractivity contribution in [3.8, 4) is 0 Å². The molecule has 0 bridgehead atoms. The van der Waals surface area contributed by atoms with Gasteiger partial charge in [0.15, 0.2) is 0 Å². The highest BCUT2D eigenvalue weighted by molar-refractivity contribution is 5.19. The Hall–Kier alpha value is -0.970. The monoisotopic (exact) mass is 269 g/mol. The molecule has 0 aromatic heterocycles. The van der Waals surface area contributed by atoms with Crippen molar-refractivity contribution < 1.29 is 13.9 Å². The van der Waals surface area contributed by atoms with Crippen LogP contribution in [-0.4, -0.2) is 32.4 Å². The van der Waals surface area contributed by atoms with Gasteiger partial charge in [0.1, 0.15) is 5.82 Å². The molecule has 0 aliphatic rings. The Labute approximate surface area is 115 Å². The minimum Gasteiger partial charge on any atom is -0.379 e. The van der Waals surface area contributed by atoms with Gasteiger partial charge in [0.2, 0.25) is 0 Å². The summed E-state index contributed by atoms with van der Waals surface area (Å²) >= 11 is 0. The summed E-state index contributed by atoms with van der Waals surface area (Å²) in [4.78, 5) is 0.